The van der Waals surface area contributed by atoms with Crippen molar-refractivity contribution < 1.29 is 46.2 Å². The maximum atomic E-state index is 15.3. The highest BCUT2D eigenvalue weighted by atomic mass is 35.5. The van der Waals surface area contributed by atoms with E-state index >= 15 is 4.39 Å². The van der Waals surface area contributed by atoms with Crippen molar-refractivity contribution in [1.82, 2.24) is 14.6 Å². The van der Waals surface area contributed by atoms with Gasteiger partial charge in [-0.05, 0) is 76.1 Å². The summed E-state index contributed by atoms with van der Waals surface area (Å²) in [6.07, 6.45) is 18.4. The number of rotatable bonds is 30. The number of nitrogen functional groups attached to an aromatic ring is 1. The highest BCUT2D eigenvalue weighted by molar-refractivity contribution is 7.48. The lowest BCUT2D eigenvalue weighted by Gasteiger charge is -2.31. The molecule has 67 heavy (non-hydrogen) atoms. The summed E-state index contributed by atoms with van der Waals surface area (Å²) in [5.74, 6) is -1.51. The predicted octanol–water partition coefficient (Wildman–Crippen LogP) is 12.4. The van der Waals surface area contributed by atoms with Gasteiger partial charge in [0.2, 0.25) is 0 Å². The molecule has 0 aliphatic carbocycles. The van der Waals surface area contributed by atoms with Gasteiger partial charge in [-0.2, -0.15) is 10.4 Å². The van der Waals surface area contributed by atoms with E-state index in [-0.39, 0.29) is 35.3 Å². The van der Waals surface area contributed by atoms with Crippen LogP contribution in [0.5, 0.6) is 11.5 Å². The summed E-state index contributed by atoms with van der Waals surface area (Å²) in [5, 5.41) is 14.1. The van der Waals surface area contributed by atoms with Crippen molar-refractivity contribution in [3.8, 4) is 17.6 Å². The molecule has 0 spiro atoms. The molecule has 2 N–H and O–H groups in total. The van der Waals surface area contributed by atoms with Gasteiger partial charge in [0.05, 0.1) is 42.2 Å². The van der Waals surface area contributed by atoms with Crippen molar-refractivity contribution in [2.24, 2.45) is 0 Å². The van der Waals surface area contributed by atoms with Crippen LogP contribution in [0.4, 0.5) is 10.2 Å². The molecular weight excluding hydrogens is 900 g/mol. The number of benzene rings is 2. The van der Waals surface area contributed by atoms with E-state index in [1.165, 1.54) is 102 Å². The van der Waals surface area contributed by atoms with E-state index < -0.39 is 56.1 Å². The number of anilines is 1. The molecule has 2 aliphatic rings. The minimum absolute atomic E-state index is 0.0310. The number of aryl methyl sites for hydroxylation is 1. The number of unbranched alkanes of at least 4 members (excludes halogenated alkanes) is 15. The van der Waals surface area contributed by atoms with Crippen LogP contribution in [0.25, 0.3) is 5.52 Å². The van der Waals surface area contributed by atoms with Crippen LogP contribution in [0.2, 0.25) is 5.02 Å². The molecule has 17 heteroatoms. The van der Waals surface area contributed by atoms with Crippen LogP contribution in [0.15, 0.2) is 54.9 Å². The molecule has 6 rings (SSSR count). The molecule has 1 unspecified atom stereocenters. The van der Waals surface area contributed by atoms with Gasteiger partial charge in [-0.3, -0.25) is 9.05 Å². The standard InChI is InChI=1S/C50H70ClFN5O9P/c1-6-7-8-9-10-11-12-13-14-15-16-17-18-19-20-23-28-59-32-38(62-43-29-36(2)37(31-53)30-40(43)52)33-60-67(58,66-42-25-22-21-24-39(42)51)61-34-44-46-47(65-49(3,4)64-46)50(5,63-44)45-27-26-41-48(54)55-35-56-57(41)45/h21-22,24-27,29-30,35,38,44,46-47H,6-20,23,28,32-34H2,1-5H3,(H2,54,55,56)/t38-,44-,46-,47-,50+,67?/m1/s1. The minimum Gasteiger partial charge on any atom is -0.482 e. The number of nitrogens with zero attached hydrogens (tertiary/aromatic N) is 4. The SMILES string of the molecule is CCCCCCCCCCCCCCCCCCOC[C@H](COP(=O)(OC[C@H]1O[C@@](C)(c2ccc3c(N)ncnn23)[C@@H]2OC(C)(C)O[C@@H]21)Oc1ccccc1Cl)Oc1cc(C)c(C#N)cc1F. The zero-order valence-electron chi connectivity index (χ0n) is 39.9. The molecule has 6 atom stereocenters. The van der Waals surface area contributed by atoms with Crippen LogP contribution in [0, 0.1) is 24.1 Å². The number of phosphoric acid groups is 1. The molecule has 368 valence electrons. The summed E-state index contributed by atoms with van der Waals surface area (Å²) in [6.45, 7) is 9.08. The van der Waals surface area contributed by atoms with Gasteiger partial charge < -0.3 is 33.9 Å². The predicted molar refractivity (Wildman–Crippen MR) is 256 cm³/mol. The second-order valence-electron chi connectivity index (χ2n) is 18.3. The molecule has 2 aromatic heterocycles. The number of hydrogen-bond acceptors (Lipinski definition) is 13. The molecule has 0 saturated carbocycles. The number of fused-ring (bicyclic) bond motifs is 2. The van der Waals surface area contributed by atoms with Crippen LogP contribution < -0.4 is 15.0 Å². The van der Waals surface area contributed by atoms with Crippen LogP contribution >= 0.6 is 19.4 Å². The van der Waals surface area contributed by atoms with Gasteiger partial charge in [-0.25, -0.2) is 18.5 Å². The lowest BCUT2D eigenvalue weighted by Crippen LogP contribution is -2.39. The number of nitriles is 1. The molecule has 2 saturated heterocycles. The van der Waals surface area contributed by atoms with Crippen molar-refractivity contribution in [3.63, 3.8) is 0 Å². The molecule has 4 heterocycles. The number of halogens is 2. The van der Waals surface area contributed by atoms with Gasteiger partial charge in [-0.15, -0.1) is 0 Å². The van der Waals surface area contributed by atoms with E-state index in [1.807, 2.05) is 19.1 Å². The molecule has 14 nitrogen and oxygen atoms in total. The Bertz CT molecular complexity index is 2280. The van der Waals surface area contributed by atoms with Crippen LogP contribution in [-0.2, 0) is 38.2 Å². The zero-order chi connectivity index (χ0) is 47.9. The van der Waals surface area contributed by atoms with E-state index in [0.717, 1.165) is 25.3 Å². The van der Waals surface area contributed by atoms with Crippen LogP contribution in [0.1, 0.15) is 147 Å². The van der Waals surface area contributed by atoms with Crippen molar-refractivity contribution in [2.75, 3.05) is 32.2 Å². The fourth-order valence-corrected chi connectivity index (χ4v) is 10.3. The first-order valence-corrected chi connectivity index (χ1v) is 26.0. The molecular formula is C50H70ClFN5O9P. The molecule has 2 fully saturated rings. The highest BCUT2D eigenvalue weighted by Gasteiger charge is 2.62. The Balaban J connectivity index is 1.07. The summed E-state index contributed by atoms with van der Waals surface area (Å²) in [4.78, 5) is 4.11. The van der Waals surface area contributed by atoms with Crippen molar-refractivity contribution >= 4 is 30.8 Å². The second kappa shape index (κ2) is 25.1. The van der Waals surface area contributed by atoms with E-state index in [9.17, 15) is 9.83 Å². The second-order valence-corrected chi connectivity index (χ2v) is 20.3. The molecule has 2 aliphatic heterocycles. The molecule has 0 bridgehead atoms. The third kappa shape index (κ3) is 14.6. The van der Waals surface area contributed by atoms with Gasteiger partial charge in [0.25, 0.3) is 0 Å². The molecule has 2 aromatic carbocycles. The number of ether oxygens (including phenoxy) is 5. The fraction of sp³-hybridized carbons (Fsp3) is 0.620. The van der Waals surface area contributed by atoms with Crippen molar-refractivity contribution in [1.29, 1.82) is 5.26 Å². The van der Waals surface area contributed by atoms with Gasteiger partial charge in [0.15, 0.2) is 23.2 Å². The Morgan fingerprint density at radius 1 is 0.881 bits per heavy atom. The lowest BCUT2D eigenvalue weighted by atomic mass is 9.93. The highest BCUT2D eigenvalue weighted by Crippen LogP contribution is 2.54. The van der Waals surface area contributed by atoms with Crippen LogP contribution in [0.3, 0.4) is 0 Å². The van der Waals surface area contributed by atoms with Crippen LogP contribution in [-0.4, -0.2) is 71.2 Å². The first-order chi connectivity index (χ1) is 32.3. The van der Waals surface area contributed by atoms with Gasteiger partial charge in [0.1, 0.15) is 47.6 Å². The monoisotopic (exact) mass is 969 g/mol. The first-order valence-electron chi connectivity index (χ1n) is 24.2. The van der Waals surface area contributed by atoms with Crippen molar-refractivity contribution in [3.05, 3.63) is 82.5 Å². The molecule has 4 aromatic rings. The van der Waals surface area contributed by atoms with Gasteiger partial charge in [-0.1, -0.05) is 127 Å². The molecule has 0 amide bonds. The Morgan fingerprint density at radius 3 is 2.19 bits per heavy atom. The number of hydrogen-bond donors (Lipinski definition) is 1. The van der Waals surface area contributed by atoms with E-state index in [4.69, 9.17) is 54.6 Å². The minimum atomic E-state index is -4.58. The Morgan fingerprint density at radius 2 is 1.54 bits per heavy atom. The average Bonchev–Trinajstić information content (AvgIpc) is 3.97. The number of aromatic nitrogens is 3. The summed E-state index contributed by atoms with van der Waals surface area (Å²) < 4.78 is 81.6. The number of phosphoric ester groups is 1. The summed E-state index contributed by atoms with van der Waals surface area (Å²) >= 11 is 6.48. The first kappa shape index (κ1) is 52.5. The topological polar surface area (TPSA) is 171 Å². The number of para-hydroxylation sites is 1. The fourth-order valence-electron chi connectivity index (χ4n) is 8.80. The zero-order valence-corrected chi connectivity index (χ0v) is 41.5. The summed E-state index contributed by atoms with van der Waals surface area (Å²) in [6, 6.07) is 14.7. The number of nitrogens with two attached hydrogens (primary N) is 1. The lowest BCUT2D eigenvalue weighted by molar-refractivity contribution is -0.212. The van der Waals surface area contributed by atoms with Gasteiger partial charge >= 0.3 is 7.82 Å². The van der Waals surface area contributed by atoms with E-state index in [1.54, 1.807) is 49.6 Å². The molecule has 0 radical (unpaired) electrons. The van der Waals surface area contributed by atoms with E-state index in [2.05, 4.69) is 17.0 Å². The normalized spacial score (nSPS) is 21.3. The maximum Gasteiger partial charge on any atom is 0.530 e. The van der Waals surface area contributed by atoms with Crippen molar-refractivity contribution in [2.45, 2.75) is 173 Å². The van der Waals surface area contributed by atoms with E-state index in [0.29, 0.717) is 29.2 Å². The maximum absolute atomic E-state index is 15.3. The smallest absolute Gasteiger partial charge is 0.482 e. The summed E-state index contributed by atoms with van der Waals surface area (Å²) in [5.41, 5.74) is 6.95. The summed E-state index contributed by atoms with van der Waals surface area (Å²) in [7, 11) is -4.58. The Kier molecular flexibility index (Phi) is 19.7. The Labute approximate surface area is 400 Å². The quantitative estimate of drug-likeness (QED) is 0.0387. The largest absolute Gasteiger partial charge is 0.530 e. The average molecular weight is 971 g/mol. The Hall–Kier alpha value is -3.84. The third-order valence-corrected chi connectivity index (χ3v) is 14.1. The third-order valence-electron chi connectivity index (χ3n) is 12.4. The van der Waals surface area contributed by atoms with Gasteiger partial charge in [0, 0.05) is 6.61 Å².